The Labute approximate surface area is 191 Å². The molecule has 2 fully saturated rings. The Kier molecular flexibility index (Phi) is 8.12. The standard InChI is InChI=1S/C16H24N2O14P2/c1-7-5-18(16(23)17-15(7)22)12-3-9(19)11(30-12)6-28-33(24,25)32-34(26,27)31-13-4-10(20)14(21)8(2)29-13/h5,8-13,19-20H,3-4,6H2,1-2H3,(H,24,25)(H,26,27)(H,17,22,23)/t8-,9-,10-,11+,12+,13?/m0/s1. The Morgan fingerprint density at radius 2 is 1.82 bits per heavy atom. The molecule has 3 unspecified atom stereocenters. The highest BCUT2D eigenvalue weighted by Gasteiger charge is 2.43. The summed E-state index contributed by atoms with van der Waals surface area (Å²) in [6.45, 7) is 1.94. The van der Waals surface area contributed by atoms with Crippen molar-refractivity contribution in [1.29, 1.82) is 0 Å². The molecule has 0 bridgehead atoms. The molecule has 2 saturated heterocycles. The molecule has 3 heterocycles. The summed E-state index contributed by atoms with van der Waals surface area (Å²) in [7, 11) is -10.5. The van der Waals surface area contributed by atoms with Gasteiger partial charge in [-0.25, -0.2) is 13.9 Å². The zero-order chi connectivity index (χ0) is 25.4. The highest BCUT2D eigenvalue weighted by molar-refractivity contribution is 7.61. The van der Waals surface area contributed by atoms with Crippen molar-refractivity contribution in [2.24, 2.45) is 0 Å². The van der Waals surface area contributed by atoms with Crippen LogP contribution >= 0.6 is 15.6 Å². The molecule has 0 aromatic carbocycles. The summed E-state index contributed by atoms with van der Waals surface area (Å²) < 4.78 is 49.1. The molecule has 0 spiro atoms. The molecule has 0 aliphatic carbocycles. The number of hydrogen-bond acceptors (Lipinski definition) is 12. The van der Waals surface area contributed by atoms with Gasteiger partial charge in [-0.05, 0) is 13.8 Å². The third kappa shape index (κ3) is 6.56. The number of aliphatic hydroxyl groups is 2. The lowest BCUT2D eigenvalue weighted by atomic mass is 10.1. The Bertz CT molecular complexity index is 1120. The minimum atomic E-state index is -5.28. The first-order chi connectivity index (χ1) is 15.7. The largest absolute Gasteiger partial charge is 0.483 e. The molecule has 0 saturated carbocycles. The van der Waals surface area contributed by atoms with Gasteiger partial charge in [-0.1, -0.05) is 0 Å². The second-order valence-electron chi connectivity index (χ2n) is 7.69. The predicted molar refractivity (Wildman–Crippen MR) is 108 cm³/mol. The van der Waals surface area contributed by atoms with E-state index in [2.05, 4.69) is 18.3 Å². The van der Waals surface area contributed by atoms with Crippen LogP contribution in [-0.2, 0) is 36.8 Å². The van der Waals surface area contributed by atoms with Gasteiger partial charge in [0.1, 0.15) is 24.5 Å². The molecule has 0 radical (unpaired) electrons. The lowest BCUT2D eigenvalue weighted by molar-refractivity contribution is -0.185. The smallest absolute Gasteiger partial charge is 0.390 e. The van der Waals surface area contributed by atoms with E-state index in [-0.39, 0.29) is 12.0 Å². The molecule has 192 valence electrons. The van der Waals surface area contributed by atoms with Gasteiger partial charge in [-0.3, -0.25) is 28.2 Å². The summed E-state index contributed by atoms with van der Waals surface area (Å²) in [5.74, 6) is -0.669. The number of H-pyrrole nitrogens is 1. The molecule has 3 rings (SSSR count). The SMILES string of the molecule is Cc1cn([C@H]2C[C@H](O)[C@@H](COP(=O)(O)OP(=O)(O)OC3C[C@H](O)C(=O)[C@H](C)O3)O2)c(=O)[nH]c1=O. The third-order valence-electron chi connectivity index (χ3n) is 5.02. The van der Waals surface area contributed by atoms with E-state index in [4.69, 9.17) is 9.47 Å². The van der Waals surface area contributed by atoms with E-state index < -0.39 is 82.6 Å². The molecule has 1 aromatic heterocycles. The van der Waals surface area contributed by atoms with Crippen LogP contribution in [0.1, 0.15) is 31.6 Å². The van der Waals surface area contributed by atoms with Crippen molar-refractivity contribution < 1.29 is 56.8 Å². The van der Waals surface area contributed by atoms with E-state index in [0.29, 0.717) is 0 Å². The first-order valence-corrected chi connectivity index (χ1v) is 12.9. The van der Waals surface area contributed by atoms with Gasteiger partial charge in [0.05, 0.1) is 12.7 Å². The van der Waals surface area contributed by atoms with Gasteiger partial charge in [-0.2, -0.15) is 4.31 Å². The van der Waals surface area contributed by atoms with Crippen LogP contribution in [0.25, 0.3) is 0 Å². The van der Waals surface area contributed by atoms with Gasteiger partial charge in [0.15, 0.2) is 12.1 Å². The molecule has 5 N–H and O–H groups in total. The fourth-order valence-corrected chi connectivity index (χ4v) is 5.47. The lowest BCUT2D eigenvalue weighted by Gasteiger charge is -2.30. The number of aliphatic hydroxyl groups excluding tert-OH is 2. The number of carbonyl (C=O) groups excluding carboxylic acids is 1. The number of carbonyl (C=O) groups is 1. The van der Waals surface area contributed by atoms with Gasteiger partial charge in [0.25, 0.3) is 5.56 Å². The number of phosphoric acid groups is 2. The number of hydrogen-bond donors (Lipinski definition) is 5. The van der Waals surface area contributed by atoms with E-state index in [1.165, 1.54) is 20.0 Å². The minimum absolute atomic E-state index is 0.129. The average Bonchev–Trinajstić information content (AvgIpc) is 3.06. The van der Waals surface area contributed by atoms with Gasteiger partial charge in [0, 0.05) is 24.6 Å². The van der Waals surface area contributed by atoms with Gasteiger partial charge >= 0.3 is 21.3 Å². The molecular formula is C16H24N2O14P2. The number of phosphoric ester groups is 2. The number of nitrogens with one attached hydrogen (secondary N) is 1. The van der Waals surface area contributed by atoms with Gasteiger partial charge in [-0.15, -0.1) is 0 Å². The van der Waals surface area contributed by atoms with E-state index in [1.807, 2.05) is 0 Å². The van der Waals surface area contributed by atoms with Crippen LogP contribution in [0.5, 0.6) is 0 Å². The van der Waals surface area contributed by atoms with Crippen LogP contribution in [0.3, 0.4) is 0 Å². The second-order valence-corrected chi connectivity index (χ2v) is 10.7. The number of rotatable bonds is 8. The van der Waals surface area contributed by atoms with Gasteiger partial charge < -0.3 is 29.5 Å². The summed E-state index contributed by atoms with van der Waals surface area (Å²) in [6.07, 6.45) is -7.22. The molecule has 2 aliphatic rings. The van der Waals surface area contributed by atoms with Crippen LogP contribution < -0.4 is 11.2 Å². The molecule has 34 heavy (non-hydrogen) atoms. The number of aromatic amines is 1. The van der Waals surface area contributed by atoms with E-state index in [1.54, 1.807) is 0 Å². The Balaban J connectivity index is 1.57. The van der Waals surface area contributed by atoms with Crippen molar-refractivity contribution >= 4 is 21.4 Å². The van der Waals surface area contributed by atoms with Crippen molar-refractivity contribution in [2.45, 2.75) is 63.6 Å². The maximum absolute atomic E-state index is 12.1. The van der Waals surface area contributed by atoms with Crippen molar-refractivity contribution in [2.75, 3.05) is 6.61 Å². The van der Waals surface area contributed by atoms with Gasteiger partial charge in [0.2, 0.25) is 0 Å². The van der Waals surface area contributed by atoms with Crippen LogP contribution in [0, 0.1) is 6.92 Å². The molecule has 8 atom stereocenters. The third-order valence-corrected chi connectivity index (χ3v) is 7.65. The molecule has 2 aliphatic heterocycles. The van der Waals surface area contributed by atoms with Crippen LogP contribution in [-0.4, -0.2) is 72.6 Å². The van der Waals surface area contributed by atoms with Crippen molar-refractivity contribution in [1.82, 2.24) is 9.55 Å². The zero-order valence-electron chi connectivity index (χ0n) is 17.9. The lowest BCUT2D eigenvalue weighted by Crippen LogP contribution is -2.43. The van der Waals surface area contributed by atoms with Crippen molar-refractivity contribution in [3.8, 4) is 0 Å². The Morgan fingerprint density at radius 1 is 1.15 bits per heavy atom. The van der Waals surface area contributed by atoms with Crippen molar-refractivity contribution in [3.63, 3.8) is 0 Å². The first-order valence-electron chi connectivity index (χ1n) is 9.90. The predicted octanol–water partition coefficient (Wildman–Crippen LogP) is -1.19. The summed E-state index contributed by atoms with van der Waals surface area (Å²) in [4.78, 5) is 56.6. The molecule has 1 aromatic rings. The zero-order valence-corrected chi connectivity index (χ0v) is 19.7. The fraction of sp³-hybridized carbons (Fsp3) is 0.688. The maximum Gasteiger partial charge on any atom is 0.483 e. The van der Waals surface area contributed by atoms with Crippen LogP contribution in [0.15, 0.2) is 15.8 Å². The number of Topliss-reactive ketones (excluding diaryl/α,β-unsaturated/α-hetero) is 1. The maximum atomic E-state index is 12.1. The number of aryl methyl sites for hydroxylation is 1. The number of aromatic nitrogens is 2. The topological polar surface area (TPSA) is 233 Å². The molecular weight excluding hydrogens is 506 g/mol. The minimum Gasteiger partial charge on any atom is -0.390 e. The molecule has 16 nitrogen and oxygen atoms in total. The molecule has 18 heteroatoms. The normalized spacial score (nSPS) is 33.4. The summed E-state index contributed by atoms with van der Waals surface area (Å²) in [5.41, 5.74) is -1.18. The fourth-order valence-electron chi connectivity index (χ4n) is 3.31. The second kappa shape index (κ2) is 10.2. The Morgan fingerprint density at radius 3 is 2.47 bits per heavy atom. The first kappa shape index (κ1) is 27.0. The highest BCUT2D eigenvalue weighted by Crippen LogP contribution is 2.61. The number of ether oxygens (including phenoxy) is 2. The Hall–Kier alpha value is -1.55. The van der Waals surface area contributed by atoms with E-state index >= 15 is 0 Å². The van der Waals surface area contributed by atoms with Crippen LogP contribution in [0.2, 0.25) is 0 Å². The van der Waals surface area contributed by atoms with Crippen LogP contribution in [0.4, 0.5) is 0 Å². The van der Waals surface area contributed by atoms with E-state index in [0.717, 1.165) is 4.57 Å². The monoisotopic (exact) mass is 530 g/mol. The van der Waals surface area contributed by atoms with E-state index in [9.17, 15) is 43.5 Å². The summed E-state index contributed by atoms with van der Waals surface area (Å²) >= 11 is 0. The number of ketones is 1. The number of nitrogens with zero attached hydrogens (tertiary/aromatic N) is 1. The van der Waals surface area contributed by atoms with Crippen molar-refractivity contribution in [3.05, 3.63) is 32.6 Å². The highest BCUT2D eigenvalue weighted by atomic mass is 31.3. The quantitative estimate of drug-likeness (QED) is 0.249. The summed E-state index contributed by atoms with van der Waals surface area (Å²) in [6, 6.07) is 0. The molecule has 0 amide bonds. The summed E-state index contributed by atoms with van der Waals surface area (Å²) in [5, 5.41) is 19.8. The average molecular weight is 530 g/mol.